The summed E-state index contributed by atoms with van der Waals surface area (Å²) in [5.74, 6) is 0.578. The first-order valence-corrected chi connectivity index (χ1v) is 4.69. The number of carbonyl (C=O) groups excluding carboxylic acids is 1. The molecule has 0 amide bonds. The lowest BCUT2D eigenvalue weighted by molar-refractivity contribution is -0.117. The van der Waals surface area contributed by atoms with Gasteiger partial charge in [0.05, 0.1) is 0 Å². The summed E-state index contributed by atoms with van der Waals surface area (Å²) >= 11 is 0. The molecule has 0 aliphatic heterocycles. The SMILES string of the molecule is C=C(C)C1CCCC(C)(C=O)C1. The van der Waals surface area contributed by atoms with Crippen molar-refractivity contribution in [2.75, 3.05) is 0 Å². The lowest BCUT2D eigenvalue weighted by Crippen LogP contribution is -2.27. The first-order chi connectivity index (χ1) is 5.57. The average molecular weight is 166 g/mol. The second kappa shape index (κ2) is 3.42. The van der Waals surface area contributed by atoms with Gasteiger partial charge in [-0.2, -0.15) is 0 Å². The van der Waals surface area contributed by atoms with Crippen LogP contribution in [0.5, 0.6) is 0 Å². The molecule has 0 radical (unpaired) electrons. The van der Waals surface area contributed by atoms with Gasteiger partial charge >= 0.3 is 0 Å². The standard InChI is InChI=1S/C11H18O/c1-9(2)10-5-4-6-11(3,7-10)8-12/h8,10H,1,4-7H2,2-3H3. The Labute approximate surface area is 74.9 Å². The molecule has 1 rings (SSSR count). The molecular formula is C11H18O. The van der Waals surface area contributed by atoms with Gasteiger partial charge in [0.1, 0.15) is 6.29 Å². The van der Waals surface area contributed by atoms with Crippen molar-refractivity contribution >= 4 is 6.29 Å². The van der Waals surface area contributed by atoms with Crippen molar-refractivity contribution in [1.29, 1.82) is 0 Å². The van der Waals surface area contributed by atoms with Crippen LogP contribution in [0, 0.1) is 11.3 Å². The summed E-state index contributed by atoms with van der Waals surface area (Å²) in [6.07, 6.45) is 5.58. The number of rotatable bonds is 2. The molecule has 0 aromatic heterocycles. The van der Waals surface area contributed by atoms with Crippen LogP contribution in [0.15, 0.2) is 12.2 Å². The van der Waals surface area contributed by atoms with Gasteiger partial charge in [0.15, 0.2) is 0 Å². The van der Waals surface area contributed by atoms with Crippen LogP contribution in [0.25, 0.3) is 0 Å². The Morgan fingerprint density at radius 2 is 2.33 bits per heavy atom. The van der Waals surface area contributed by atoms with Crippen molar-refractivity contribution in [2.45, 2.75) is 39.5 Å². The Morgan fingerprint density at radius 3 is 2.83 bits per heavy atom. The summed E-state index contributed by atoms with van der Waals surface area (Å²) in [6.45, 7) is 8.10. The quantitative estimate of drug-likeness (QED) is 0.455. The van der Waals surface area contributed by atoms with Crippen LogP contribution < -0.4 is 0 Å². The van der Waals surface area contributed by atoms with Crippen LogP contribution in [-0.2, 0) is 4.79 Å². The van der Waals surface area contributed by atoms with Crippen LogP contribution in [-0.4, -0.2) is 6.29 Å². The largest absolute Gasteiger partial charge is 0.303 e. The van der Waals surface area contributed by atoms with E-state index in [1.54, 1.807) is 0 Å². The average Bonchev–Trinajstić information content (AvgIpc) is 2.05. The van der Waals surface area contributed by atoms with Crippen LogP contribution in [0.2, 0.25) is 0 Å². The highest BCUT2D eigenvalue weighted by molar-refractivity contribution is 5.58. The molecule has 1 aliphatic rings. The summed E-state index contributed by atoms with van der Waals surface area (Å²) in [5.41, 5.74) is 1.17. The third-order valence-corrected chi connectivity index (χ3v) is 2.99. The second-order valence-corrected chi connectivity index (χ2v) is 4.41. The molecular weight excluding hydrogens is 148 g/mol. The summed E-state index contributed by atoms with van der Waals surface area (Å²) < 4.78 is 0. The lowest BCUT2D eigenvalue weighted by Gasteiger charge is -2.34. The molecule has 0 aromatic carbocycles. The number of carbonyl (C=O) groups is 1. The van der Waals surface area contributed by atoms with E-state index in [-0.39, 0.29) is 5.41 Å². The summed E-state index contributed by atoms with van der Waals surface area (Å²) in [6, 6.07) is 0. The van der Waals surface area contributed by atoms with E-state index in [0.29, 0.717) is 5.92 Å². The van der Waals surface area contributed by atoms with Gasteiger partial charge in [-0.15, -0.1) is 0 Å². The fourth-order valence-corrected chi connectivity index (χ4v) is 2.05. The van der Waals surface area contributed by atoms with E-state index >= 15 is 0 Å². The third-order valence-electron chi connectivity index (χ3n) is 2.99. The van der Waals surface area contributed by atoms with Crippen molar-refractivity contribution in [3.8, 4) is 0 Å². The third kappa shape index (κ3) is 1.96. The van der Waals surface area contributed by atoms with Gasteiger partial charge in [0, 0.05) is 5.41 Å². The maximum Gasteiger partial charge on any atom is 0.125 e. The first-order valence-electron chi connectivity index (χ1n) is 4.69. The Balaban J connectivity index is 2.62. The van der Waals surface area contributed by atoms with Crippen molar-refractivity contribution in [1.82, 2.24) is 0 Å². The van der Waals surface area contributed by atoms with E-state index in [9.17, 15) is 4.79 Å². The van der Waals surface area contributed by atoms with Crippen molar-refractivity contribution in [3.05, 3.63) is 12.2 Å². The second-order valence-electron chi connectivity index (χ2n) is 4.41. The van der Waals surface area contributed by atoms with Crippen LogP contribution in [0.4, 0.5) is 0 Å². The Morgan fingerprint density at radius 1 is 1.67 bits per heavy atom. The Bertz CT molecular complexity index is 195. The van der Waals surface area contributed by atoms with E-state index in [0.717, 1.165) is 19.1 Å². The molecule has 0 N–H and O–H groups in total. The lowest BCUT2D eigenvalue weighted by atomic mass is 9.70. The van der Waals surface area contributed by atoms with E-state index in [1.807, 2.05) is 0 Å². The van der Waals surface area contributed by atoms with E-state index in [1.165, 1.54) is 18.4 Å². The summed E-state index contributed by atoms with van der Waals surface area (Å²) in [5, 5.41) is 0. The number of hydrogen-bond acceptors (Lipinski definition) is 1. The minimum absolute atomic E-state index is 0.0676. The molecule has 1 heteroatoms. The van der Waals surface area contributed by atoms with Gasteiger partial charge in [-0.25, -0.2) is 0 Å². The zero-order valence-electron chi connectivity index (χ0n) is 8.10. The Hall–Kier alpha value is -0.590. The molecule has 0 saturated heterocycles. The molecule has 68 valence electrons. The molecule has 0 heterocycles. The van der Waals surface area contributed by atoms with Gasteiger partial charge in [-0.05, 0) is 32.1 Å². The highest BCUT2D eigenvalue weighted by atomic mass is 16.1. The fraction of sp³-hybridized carbons (Fsp3) is 0.727. The molecule has 1 fully saturated rings. The van der Waals surface area contributed by atoms with E-state index in [4.69, 9.17) is 0 Å². The van der Waals surface area contributed by atoms with Crippen molar-refractivity contribution in [3.63, 3.8) is 0 Å². The van der Waals surface area contributed by atoms with Crippen LogP contribution in [0.3, 0.4) is 0 Å². The predicted octanol–water partition coefficient (Wildman–Crippen LogP) is 2.96. The first kappa shape index (κ1) is 9.50. The van der Waals surface area contributed by atoms with E-state index < -0.39 is 0 Å². The zero-order chi connectivity index (χ0) is 9.19. The maximum atomic E-state index is 10.8. The van der Waals surface area contributed by atoms with Gasteiger partial charge in [-0.3, -0.25) is 0 Å². The van der Waals surface area contributed by atoms with Crippen molar-refractivity contribution in [2.24, 2.45) is 11.3 Å². The topological polar surface area (TPSA) is 17.1 Å². The maximum absolute atomic E-state index is 10.8. The van der Waals surface area contributed by atoms with E-state index in [2.05, 4.69) is 20.4 Å². The van der Waals surface area contributed by atoms with Crippen LogP contribution >= 0.6 is 0 Å². The molecule has 2 atom stereocenters. The molecule has 2 unspecified atom stereocenters. The predicted molar refractivity (Wildman–Crippen MR) is 50.9 cm³/mol. The fourth-order valence-electron chi connectivity index (χ4n) is 2.05. The highest BCUT2D eigenvalue weighted by Gasteiger charge is 2.31. The summed E-state index contributed by atoms with van der Waals surface area (Å²) in [4.78, 5) is 10.8. The molecule has 0 bridgehead atoms. The normalized spacial score (nSPS) is 36.0. The summed E-state index contributed by atoms with van der Waals surface area (Å²) in [7, 11) is 0. The minimum Gasteiger partial charge on any atom is -0.303 e. The molecule has 0 spiro atoms. The molecule has 1 nitrogen and oxygen atoms in total. The highest BCUT2D eigenvalue weighted by Crippen LogP contribution is 2.39. The van der Waals surface area contributed by atoms with Gasteiger partial charge < -0.3 is 4.79 Å². The Kier molecular flexibility index (Phi) is 2.71. The number of hydrogen-bond donors (Lipinski definition) is 0. The zero-order valence-corrected chi connectivity index (χ0v) is 8.10. The van der Waals surface area contributed by atoms with Gasteiger partial charge in [-0.1, -0.05) is 25.5 Å². The number of allylic oxidation sites excluding steroid dienone is 1. The molecule has 0 aromatic rings. The van der Waals surface area contributed by atoms with Crippen molar-refractivity contribution < 1.29 is 4.79 Å². The minimum atomic E-state index is -0.0676. The monoisotopic (exact) mass is 166 g/mol. The number of aldehydes is 1. The molecule has 12 heavy (non-hydrogen) atoms. The van der Waals surface area contributed by atoms with Crippen LogP contribution in [0.1, 0.15) is 39.5 Å². The molecule has 1 aliphatic carbocycles. The smallest absolute Gasteiger partial charge is 0.125 e. The molecule has 1 saturated carbocycles. The van der Waals surface area contributed by atoms with Gasteiger partial charge in [0.25, 0.3) is 0 Å². The van der Waals surface area contributed by atoms with Gasteiger partial charge in [0.2, 0.25) is 0 Å².